The third-order valence-corrected chi connectivity index (χ3v) is 9.39. The number of nitrogens with zero attached hydrogens (tertiary/aromatic N) is 4. The Kier molecular flexibility index (Phi) is 8.20. The fourth-order valence-electron chi connectivity index (χ4n) is 6.80. The predicted molar refractivity (Wildman–Crippen MR) is 212 cm³/mol. The lowest BCUT2D eigenvalue weighted by molar-refractivity contribution is 0.671. The third-order valence-electron chi connectivity index (χ3n) is 9.39. The maximum Gasteiger partial charge on any atom is 0.164 e. The van der Waals surface area contributed by atoms with Gasteiger partial charge in [-0.15, -0.1) is 0 Å². The average Bonchev–Trinajstić information content (AvgIpc) is 3.24. The van der Waals surface area contributed by atoms with Crippen molar-refractivity contribution in [2.45, 2.75) is 6.17 Å². The van der Waals surface area contributed by atoms with Crippen LogP contribution in [-0.4, -0.2) is 20.7 Å². The van der Waals surface area contributed by atoms with E-state index in [1.807, 2.05) is 72.8 Å². The van der Waals surface area contributed by atoms with E-state index in [-0.39, 0.29) is 6.17 Å². The molecule has 1 aliphatic rings. The van der Waals surface area contributed by atoms with E-state index in [2.05, 4.69) is 121 Å². The lowest BCUT2D eigenvalue weighted by Gasteiger charge is -2.27. The molecule has 7 aromatic carbocycles. The summed E-state index contributed by atoms with van der Waals surface area (Å²) >= 11 is 0. The summed E-state index contributed by atoms with van der Waals surface area (Å²) in [5.74, 6) is 1.91. The van der Waals surface area contributed by atoms with Crippen LogP contribution in [0, 0.1) is 0 Å². The quantitative estimate of drug-likeness (QED) is 0.184. The summed E-state index contributed by atoms with van der Waals surface area (Å²) in [4.78, 5) is 20.1. The van der Waals surface area contributed by atoms with Gasteiger partial charge in [-0.2, -0.15) is 0 Å². The second kappa shape index (κ2) is 13.7. The molecule has 1 atom stereocenters. The number of hydrogen-bond acceptors (Lipinski definition) is 5. The van der Waals surface area contributed by atoms with Crippen molar-refractivity contribution in [1.29, 1.82) is 0 Å². The molecule has 5 heteroatoms. The summed E-state index contributed by atoms with van der Waals surface area (Å²) in [7, 11) is 0. The van der Waals surface area contributed by atoms with Gasteiger partial charge in [-0.3, -0.25) is 4.99 Å². The van der Waals surface area contributed by atoms with Gasteiger partial charge in [0.25, 0.3) is 0 Å². The molecule has 0 amide bonds. The number of aliphatic imine (C=N–C) groups is 1. The molecule has 0 saturated heterocycles. The monoisotopic (exact) mass is 667 g/mol. The summed E-state index contributed by atoms with van der Waals surface area (Å²) in [6.07, 6.45) is 1.82. The molecular formula is C47H33N5. The number of rotatable bonds is 7. The number of benzene rings is 7. The van der Waals surface area contributed by atoms with Crippen LogP contribution in [0.3, 0.4) is 0 Å². The molecule has 2 heterocycles. The van der Waals surface area contributed by atoms with E-state index in [1.54, 1.807) is 0 Å². The van der Waals surface area contributed by atoms with Gasteiger partial charge in [0.05, 0.1) is 5.71 Å². The first-order chi connectivity index (χ1) is 25.8. The first kappa shape index (κ1) is 31.0. The lowest BCUT2D eigenvalue weighted by atomic mass is 9.91. The highest BCUT2D eigenvalue weighted by Crippen LogP contribution is 2.39. The SMILES string of the molecule is C1=C(c2ccccc2)NC(c2c(-c3ccc(-c4nc(-c5ccccc5)nc(-c5ccccc5)n4)cc3)ccc3ccccc23)N=C1c1ccccc1. The molecular weight excluding hydrogens is 635 g/mol. The molecule has 1 aromatic heterocycles. The summed E-state index contributed by atoms with van der Waals surface area (Å²) in [5.41, 5.74) is 10.3. The average molecular weight is 668 g/mol. The second-order valence-corrected chi connectivity index (χ2v) is 12.7. The first-order valence-corrected chi connectivity index (χ1v) is 17.4. The summed E-state index contributed by atoms with van der Waals surface area (Å²) in [6.45, 7) is 0. The van der Waals surface area contributed by atoms with Gasteiger partial charge in [-0.05, 0) is 39.1 Å². The molecule has 0 fully saturated rings. The van der Waals surface area contributed by atoms with Crippen molar-refractivity contribution in [2.24, 2.45) is 4.99 Å². The topological polar surface area (TPSA) is 63.1 Å². The molecule has 1 unspecified atom stereocenters. The molecule has 1 N–H and O–H groups in total. The molecule has 0 spiro atoms. The van der Waals surface area contributed by atoms with E-state index in [0.29, 0.717) is 17.5 Å². The van der Waals surface area contributed by atoms with Gasteiger partial charge >= 0.3 is 0 Å². The number of allylic oxidation sites excluding steroid dienone is 1. The summed E-state index contributed by atoms with van der Waals surface area (Å²) in [5, 5.41) is 6.14. The minimum Gasteiger partial charge on any atom is -0.359 e. The Morgan fingerprint density at radius 1 is 0.385 bits per heavy atom. The van der Waals surface area contributed by atoms with Crippen LogP contribution in [0.15, 0.2) is 193 Å². The van der Waals surface area contributed by atoms with Gasteiger partial charge in [0.2, 0.25) is 0 Å². The highest BCUT2D eigenvalue weighted by molar-refractivity contribution is 6.13. The third kappa shape index (κ3) is 6.16. The van der Waals surface area contributed by atoms with Crippen LogP contribution in [0.25, 0.3) is 61.8 Å². The van der Waals surface area contributed by atoms with Crippen LogP contribution in [0.4, 0.5) is 0 Å². The number of fused-ring (bicyclic) bond motifs is 1. The van der Waals surface area contributed by atoms with Crippen LogP contribution < -0.4 is 5.32 Å². The molecule has 246 valence electrons. The molecule has 5 nitrogen and oxygen atoms in total. The standard InChI is InChI=1S/C47H33N5/c1-5-16-34(17-6-1)41-31-42(35-18-7-2-8-19-35)49-47(48-41)43-39-24-14-13-15-32(39)29-30-40(43)33-25-27-38(28-26-33)46-51-44(36-20-9-3-10-21-36)50-45(52-46)37-22-11-4-12-23-37/h1-31,47-48H. The first-order valence-electron chi connectivity index (χ1n) is 17.4. The van der Waals surface area contributed by atoms with E-state index in [0.717, 1.165) is 61.3 Å². The Bertz CT molecular complexity index is 2510. The van der Waals surface area contributed by atoms with Crippen LogP contribution >= 0.6 is 0 Å². The zero-order valence-electron chi connectivity index (χ0n) is 28.3. The van der Waals surface area contributed by atoms with Gasteiger partial charge in [0, 0.05) is 28.0 Å². The van der Waals surface area contributed by atoms with Crippen molar-refractivity contribution in [3.8, 4) is 45.3 Å². The molecule has 1 aliphatic heterocycles. The van der Waals surface area contributed by atoms with Crippen molar-refractivity contribution >= 4 is 22.2 Å². The molecule has 0 bridgehead atoms. The summed E-state index contributed by atoms with van der Waals surface area (Å²) in [6, 6.07) is 62.5. The molecule has 0 aliphatic carbocycles. The Hall–Kier alpha value is -6.98. The fourth-order valence-corrected chi connectivity index (χ4v) is 6.80. The second-order valence-electron chi connectivity index (χ2n) is 12.7. The normalized spacial score (nSPS) is 14.0. The Morgan fingerprint density at radius 2 is 0.846 bits per heavy atom. The van der Waals surface area contributed by atoms with Crippen LogP contribution in [0.1, 0.15) is 22.9 Å². The zero-order valence-corrected chi connectivity index (χ0v) is 28.3. The van der Waals surface area contributed by atoms with Gasteiger partial charge in [0.1, 0.15) is 6.17 Å². The lowest BCUT2D eigenvalue weighted by Crippen LogP contribution is -2.25. The van der Waals surface area contributed by atoms with Crippen molar-refractivity contribution in [2.75, 3.05) is 0 Å². The minimum absolute atomic E-state index is 0.332. The van der Waals surface area contributed by atoms with Crippen molar-refractivity contribution < 1.29 is 0 Å². The van der Waals surface area contributed by atoms with E-state index in [9.17, 15) is 0 Å². The largest absolute Gasteiger partial charge is 0.359 e. The molecule has 9 rings (SSSR count). The van der Waals surface area contributed by atoms with Crippen molar-refractivity contribution in [3.63, 3.8) is 0 Å². The van der Waals surface area contributed by atoms with Gasteiger partial charge in [-0.25, -0.2) is 15.0 Å². The highest BCUT2D eigenvalue weighted by Gasteiger charge is 2.24. The number of aromatic nitrogens is 3. The van der Waals surface area contributed by atoms with Crippen molar-refractivity contribution in [1.82, 2.24) is 20.3 Å². The Labute approximate surface area is 302 Å². The van der Waals surface area contributed by atoms with Gasteiger partial charge in [0.15, 0.2) is 17.5 Å². The number of hydrogen-bond donors (Lipinski definition) is 1. The minimum atomic E-state index is -0.332. The number of nitrogens with one attached hydrogen (secondary N) is 1. The van der Waals surface area contributed by atoms with Gasteiger partial charge in [-0.1, -0.05) is 182 Å². The fraction of sp³-hybridized carbons (Fsp3) is 0.0213. The maximum atomic E-state index is 5.38. The smallest absolute Gasteiger partial charge is 0.164 e. The van der Waals surface area contributed by atoms with Crippen LogP contribution in [0.5, 0.6) is 0 Å². The summed E-state index contributed by atoms with van der Waals surface area (Å²) < 4.78 is 0. The van der Waals surface area contributed by atoms with E-state index >= 15 is 0 Å². The van der Waals surface area contributed by atoms with Crippen LogP contribution in [0.2, 0.25) is 0 Å². The Morgan fingerprint density at radius 3 is 1.42 bits per heavy atom. The Balaban J connectivity index is 1.16. The molecule has 0 saturated carbocycles. The van der Waals surface area contributed by atoms with Crippen LogP contribution in [-0.2, 0) is 0 Å². The van der Waals surface area contributed by atoms with Gasteiger partial charge < -0.3 is 5.32 Å². The highest BCUT2D eigenvalue weighted by atomic mass is 15.1. The molecule has 0 radical (unpaired) electrons. The maximum absolute atomic E-state index is 5.38. The molecule has 8 aromatic rings. The van der Waals surface area contributed by atoms with E-state index < -0.39 is 0 Å². The van der Waals surface area contributed by atoms with E-state index in [1.165, 1.54) is 5.39 Å². The van der Waals surface area contributed by atoms with E-state index in [4.69, 9.17) is 19.9 Å². The predicted octanol–water partition coefficient (Wildman–Crippen LogP) is 10.8. The zero-order chi connectivity index (χ0) is 34.7. The molecule has 52 heavy (non-hydrogen) atoms. The van der Waals surface area contributed by atoms with Crippen molar-refractivity contribution in [3.05, 3.63) is 205 Å².